The lowest BCUT2D eigenvalue weighted by Crippen LogP contribution is -2.22. The van der Waals surface area contributed by atoms with Gasteiger partial charge in [0.25, 0.3) is 5.91 Å². The highest BCUT2D eigenvalue weighted by Gasteiger charge is 2.11. The van der Waals surface area contributed by atoms with Gasteiger partial charge in [-0.05, 0) is 35.7 Å². The van der Waals surface area contributed by atoms with Crippen molar-refractivity contribution in [3.8, 4) is 0 Å². The zero-order valence-electron chi connectivity index (χ0n) is 17.2. The molecule has 1 amide bonds. The number of aromatic nitrogens is 2. The Balaban J connectivity index is 1.27. The van der Waals surface area contributed by atoms with Crippen LogP contribution in [0, 0.1) is 0 Å². The average molecular weight is 444 g/mol. The Hall–Kier alpha value is -3.71. The smallest absolute Gasteiger partial charge is 0.316 e. The molecule has 0 saturated carbocycles. The number of carbonyl (C=O) groups excluding carboxylic acids is 2. The summed E-state index contributed by atoms with van der Waals surface area (Å²) in [6, 6.07) is 25.1. The molecule has 3 aromatic carbocycles. The highest BCUT2D eigenvalue weighted by molar-refractivity contribution is 7.99. The summed E-state index contributed by atoms with van der Waals surface area (Å²) in [6.45, 7) is -0.345. The molecule has 0 spiro atoms. The highest BCUT2D eigenvalue weighted by atomic mass is 32.2. The lowest BCUT2D eigenvalue weighted by molar-refractivity contribution is -0.144. The van der Waals surface area contributed by atoms with Crippen molar-refractivity contribution in [2.24, 2.45) is 0 Å². The minimum Gasteiger partial charge on any atom is -0.455 e. The first-order chi connectivity index (χ1) is 15.7. The molecule has 1 N–H and O–H groups in total. The first-order valence-electron chi connectivity index (χ1n) is 10.1. The number of fused-ring (bicyclic) bond motifs is 1. The maximum Gasteiger partial charge on any atom is 0.316 e. The summed E-state index contributed by atoms with van der Waals surface area (Å²) in [5.41, 5.74) is 4.40. The Labute approximate surface area is 190 Å². The number of amides is 1. The predicted molar refractivity (Wildman–Crippen MR) is 126 cm³/mol. The number of para-hydroxylation sites is 3. The van der Waals surface area contributed by atoms with Crippen LogP contribution in [0.1, 0.15) is 11.1 Å². The van der Waals surface area contributed by atoms with E-state index in [2.05, 4.69) is 15.3 Å². The molecule has 0 saturated heterocycles. The lowest BCUT2D eigenvalue weighted by Gasteiger charge is -2.11. The second kappa shape index (κ2) is 10.5. The summed E-state index contributed by atoms with van der Waals surface area (Å²) < 4.78 is 5.12. The predicted octanol–water partition coefficient (Wildman–Crippen LogP) is 4.49. The van der Waals surface area contributed by atoms with Gasteiger partial charge in [-0.2, -0.15) is 0 Å². The maximum atomic E-state index is 12.3. The molecule has 160 valence electrons. The summed E-state index contributed by atoms with van der Waals surface area (Å²) in [5, 5.41) is 3.46. The van der Waals surface area contributed by atoms with Gasteiger partial charge in [0.05, 0.1) is 23.0 Å². The summed E-state index contributed by atoms with van der Waals surface area (Å²) in [4.78, 5) is 33.2. The molecule has 0 bridgehead atoms. The number of nitrogens with one attached hydrogen (secondary N) is 1. The standard InChI is InChI=1S/C25H21N3O3S/c29-23(27-20-11-5-4-10-19(20)14-18-8-2-1-3-9-18)16-31-25(30)17-32-24-15-26-21-12-6-7-13-22(21)28-24/h1-13,15H,14,16-17H2,(H,27,29). The minimum absolute atomic E-state index is 0.0465. The zero-order valence-corrected chi connectivity index (χ0v) is 18.0. The molecule has 0 radical (unpaired) electrons. The van der Waals surface area contributed by atoms with E-state index in [1.54, 1.807) is 6.20 Å². The van der Waals surface area contributed by atoms with Gasteiger partial charge in [-0.3, -0.25) is 14.6 Å². The topological polar surface area (TPSA) is 81.2 Å². The van der Waals surface area contributed by atoms with Gasteiger partial charge in [0, 0.05) is 5.69 Å². The van der Waals surface area contributed by atoms with Crippen molar-refractivity contribution in [2.75, 3.05) is 17.7 Å². The number of rotatable bonds is 8. The second-order valence-electron chi connectivity index (χ2n) is 7.01. The Morgan fingerprint density at radius 3 is 2.44 bits per heavy atom. The van der Waals surface area contributed by atoms with E-state index in [9.17, 15) is 9.59 Å². The minimum atomic E-state index is -0.488. The summed E-state index contributed by atoms with van der Waals surface area (Å²) >= 11 is 1.22. The average Bonchev–Trinajstić information content (AvgIpc) is 2.83. The van der Waals surface area contributed by atoms with E-state index in [0.29, 0.717) is 17.1 Å². The Morgan fingerprint density at radius 2 is 1.59 bits per heavy atom. The molecule has 7 heteroatoms. The van der Waals surface area contributed by atoms with Crippen LogP contribution in [0.3, 0.4) is 0 Å². The number of esters is 1. The fourth-order valence-corrected chi connectivity index (χ4v) is 3.77. The molecule has 1 heterocycles. The van der Waals surface area contributed by atoms with E-state index in [0.717, 1.165) is 22.2 Å². The van der Waals surface area contributed by atoms with Gasteiger partial charge < -0.3 is 10.1 Å². The lowest BCUT2D eigenvalue weighted by atomic mass is 10.0. The van der Waals surface area contributed by atoms with Crippen LogP contribution >= 0.6 is 11.8 Å². The van der Waals surface area contributed by atoms with Crippen LogP contribution in [-0.4, -0.2) is 34.2 Å². The fourth-order valence-electron chi connectivity index (χ4n) is 3.13. The number of thioether (sulfide) groups is 1. The van der Waals surface area contributed by atoms with Crippen molar-refractivity contribution in [1.29, 1.82) is 0 Å². The van der Waals surface area contributed by atoms with Crippen LogP contribution in [0.4, 0.5) is 5.69 Å². The van der Waals surface area contributed by atoms with Crippen molar-refractivity contribution in [1.82, 2.24) is 9.97 Å². The van der Waals surface area contributed by atoms with Crippen LogP contribution in [0.2, 0.25) is 0 Å². The second-order valence-corrected chi connectivity index (χ2v) is 8.01. The van der Waals surface area contributed by atoms with Crippen molar-refractivity contribution in [3.05, 3.63) is 96.2 Å². The molecule has 0 aliphatic heterocycles. The van der Waals surface area contributed by atoms with Crippen LogP contribution in [0.25, 0.3) is 11.0 Å². The number of ether oxygens (including phenoxy) is 1. The molecule has 4 aromatic rings. The summed E-state index contributed by atoms with van der Waals surface area (Å²) in [7, 11) is 0. The molecular weight excluding hydrogens is 422 g/mol. The van der Waals surface area contributed by atoms with Gasteiger partial charge in [-0.15, -0.1) is 0 Å². The van der Waals surface area contributed by atoms with Gasteiger partial charge in [0.1, 0.15) is 5.03 Å². The quantitative estimate of drug-likeness (QED) is 0.319. The number of benzene rings is 3. The van der Waals surface area contributed by atoms with Crippen LogP contribution < -0.4 is 5.32 Å². The third kappa shape index (κ3) is 5.92. The van der Waals surface area contributed by atoms with Crippen molar-refractivity contribution in [3.63, 3.8) is 0 Å². The molecule has 0 aliphatic rings. The van der Waals surface area contributed by atoms with Crippen LogP contribution in [-0.2, 0) is 20.7 Å². The molecule has 0 unspecified atom stereocenters. The van der Waals surface area contributed by atoms with Crippen molar-refractivity contribution >= 4 is 40.4 Å². The molecular formula is C25H21N3O3S. The molecule has 4 rings (SSSR count). The third-order valence-electron chi connectivity index (χ3n) is 4.66. The first-order valence-corrected chi connectivity index (χ1v) is 11.1. The number of hydrogen-bond donors (Lipinski definition) is 1. The van der Waals surface area contributed by atoms with Crippen molar-refractivity contribution in [2.45, 2.75) is 11.4 Å². The van der Waals surface area contributed by atoms with Gasteiger partial charge in [0.15, 0.2) is 6.61 Å². The highest BCUT2D eigenvalue weighted by Crippen LogP contribution is 2.20. The summed E-state index contributed by atoms with van der Waals surface area (Å²) in [6.07, 6.45) is 2.32. The van der Waals surface area contributed by atoms with E-state index < -0.39 is 5.97 Å². The van der Waals surface area contributed by atoms with Crippen LogP contribution in [0.5, 0.6) is 0 Å². The Morgan fingerprint density at radius 1 is 0.875 bits per heavy atom. The monoisotopic (exact) mass is 443 g/mol. The Bertz CT molecular complexity index is 1230. The van der Waals surface area contributed by atoms with Gasteiger partial charge in [-0.25, -0.2) is 4.98 Å². The third-order valence-corrected chi connectivity index (χ3v) is 5.53. The van der Waals surface area contributed by atoms with E-state index >= 15 is 0 Å². The SMILES string of the molecule is O=C(COC(=O)CSc1cnc2ccccc2n1)Nc1ccccc1Cc1ccccc1. The van der Waals surface area contributed by atoms with E-state index in [-0.39, 0.29) is 18.3 Å². The summed E-state index contributed by atoms with van der Waals surface area (Å²) in [5.74, 6) is -0.822. The van der Waals surface area contributed by atoms with E-state index in [1.807, 2.05) is 78.9 Å². The molecule has 0 fully saturated rings. The number of anilines is 1. The maximum absolute atomic E-state index is 12.3. The number of nitrogens with zero attached hydrogens (tertiary/aromatic N) is 2. The first kappa shape index (κ1) is 21.5. The zero-order chi connectivity index (χ0) is 22.2. The van der Waals surface area contributed by atoms with E-state index in [1.165, 1.54) is 11.8 Å². The molecule has 1 aromatic heterocycles. The molecule has 0 atom stereocenters. The number of carbonyl (C=O) groups is 2. The normalized spacial score (nSPS) is 10.6. The number of hydrogen-bond acceptors (Lipinski definition) is 6. The molecule has 6 nitrogen and oxygen atoms in total. The Kier molecular flexibility index (Phi) is 7.09. The van der Waals surface area contributed by atoms with Gasteiger partial charge in [-0.1, -0.05) is 72.4 Å². The fraction of sp³-hybridized carbons (Fsp3) is 0.120. The van der Waals surface area contributed by atoms with Crippen molar-refractivity contribution < 1.29 is 14.3 Å². The van der Waals surface area contributed by atoms with E-state index in [4.69, 9.17) is 4.74 Å². The van der Waals surface area contributed by atoms with Gasteiger partial charge in [0.2, 0.25) is 0 Å². The van der Waals surface area contributed by atoms with Crippen LogP contribution in [0.15, 0.2) is 90.1 Å². The molecule has 32 heavy (non-hydrogen) atoms. The largest absolute Gasteiger partial charge is 0.455 e. The molecule has 0 aliphatic carbocycles. The van der Waals surface area contributed by atoms with Gasteiger partial charge >= 0.3 is 5.97 Å².